The van der Waals surface area contributed by atoms with Crippen LogP contribution in [0.15, 0.2) is 76.6 Å². The molecule has 2 aliphatic rings. The van der Waals surface area contributed by atoms with E-state index in [9.17, 15) is 9.18 Å². The molecule has 1 atom stereocenters. The number of nitrogens with zero attached hydrogens (tertiary/aromatic N) is 3. The third-order valence-corrected chi connectivity index (χ3v) is 9.85. The number of ether oxygens (including phenoxy) is 1. The molecule has 2 aromatic heterocycles. The van der Waals surface area contributed by atoms with Crippen molar-refractivity contribution in [3.8, 4) is 5.75 Å². The molecule has 2 aromatic carbocycles. The molecule has 1 unspecified atom stereocenters. The molecule has 1 aliphatic heterocycles. The molecule has 3 N–H and O–H groups in total. The highest BCUT2D eigenvalue weighted by atomic mass is 79.9. The summed E-state index contributed by atoms with van der Waals surface area (Å²) in [7, 11) is 0. The first-order chi connectivity index (χ1) is 21.2. The fraction of sp³-hybridized carbons (Fsp3) is 0.371. The van der Waals surface area contributed by atoms with Crippen LogP contribution >= 0.6 is 15.9 Å². The number of aryl methyl sites for hydroxylation is 1. The summed E-state index contributed by atoms with van der Waals surface area (Å²) in [6.45, 7) is 8.87. The Hall–Kier alpha value is -3.69. The number of carbonyl (C=O) groups is 1. The highest BCUT2D eigenvalue weighted by Gasteiger charge is 2.26. The lowest BCUT2D eigenvalue weighted by Gasteiger charge is -2.34. The maximum absolute atomic E-state index is 14.1. The normalized spacial score (nSPS) is 18.1. The second-order valence-electron chi connectivity index (χ2n) is 12.3. The van der Waals surface area contributed by atoms with E-state index in [1.165, 1.54) is 50.2 Å². The van der Waals surface area contributed by atoms with Gasteiger partial charge < -0.3 is 20.4 Å². The summed E-state index contributed by atoms with van der Waals surface area (Å²) >= 11 is 3.77. The van der Waals surface area contributed by atoms with Crippen LogP contribution < -0.4 is 10.5 Å². The van der Waals surface area contributed by atoms with Crippen LogP contribution in [-0.4, -0.2) is 44.6 Å². The number of H-pyrrole nitrogens is 1. The van der Waals surface area contributed by atoms with Gasteiger partial charge in [-0.2, -0.15) is 5.10 Å². The van der Waals surface area contributed by atoms with Crippen molar-refractivity contribution >= 4 is 38.4 Å². The Morgan fingerprint density at radius 1 is 1.20 bits per heavy atom. The van der Waals surface area contributed by atoms with E-state index in [2.05, 4.69) is 56.9 Å². The number of halogens is 2. The third kappa shape index (κ3) is 6.26. The second-order valence-corrected chi connectivity index (χ2v) is 13.2. The maximum atomic E-state index is 14.1. The van der Waals surface area contributed by atoms with E-state index < -0.39 is 5.82 Å². The van der Waals surface area contributed by atoms with Crippen molar-refractivity contribution in [2.24, 2.45) is 5.92 Å². The standard InChI is InChI=1S/C35H39BrFN5O2/c1-21(2)41-14-12-23(13-15-41)8-9-24-17-25-18-31(40-30(25)19-28(24)36)34(43)27-20-39-42(35(27)38)32-11-10-26(16-22(32)3)44-33-7-5-4-6-29(33)37/h4-7,10,16-21,23,32,40H,8-9,11-15,38H2,1-3H3. The zero-order valence-electron chi connectivity index (χ0n) is 25.4. The number of ketones is 1. The Kier molecular flexibility index (Phi) is 8.78. The molecule has 0 bridgehead atoms. The Morgan fingerprint density at radius 2 is 1.98 bits per heavy atom. The van der Waals surface area contributed by atoms with E-state index in [0.717, 1.165) is 33.3 Å². The number of hydrogen-bond acceptors (Lipinski definition) is 5. The molecule has 9 heteroatoms. The van der Waals surface area contributed by atoms with Gasteiger partial charge in [-0.3, -0.25) is 4.79 Å². The molecular weight excluding hydrogens is 621 g/mol. The molecule has 3 heterocycles. The molecule has 4 aromatic rings. The third-order valence-electron chi connectivity index (χ3n) is 9.11. The molecule has 0 spiro atoms. The number of likely N-dealkylation sites (tertiary alicyclic amines) is 1. The molecule has 44 heavy (non-hydrogen) atoms. The van der Waals surface area contributed by atoms with Gasteiger partial charge in [-0.25, -0.2) is 9.07 Å². The van der Waals surface area contributed by atoms with Crippen LogP contribution in [0.3, 0.4) is 0 Å². The van der Waals surface area contributed by atoms with E-state index in [1.807, 2.05) is 25.1 Å². The number of fused-ring (bicyclic) bond motifs is 1. The summed E-state index contributed by atoms with van der Waals surface area (Å²) in [5.74, 6) is 1.18. The predicted octanol–water partition coefficient (Wildman–Crippen LogP) is 7.99. The second kappa shape index (κ2) is 12.7. The SMILES string of the molecule is CC1=CC(Oc2ccccc2F)=CCC1n1ncc(C(=O)c2cc3cc(CCC4CCN(C(C)C)CC4)c(Br)cc3[nH]2)c1N. The van der Waals surface area contributed by atoms with Crippen molar-refractivity contribution in [1.82, 2.24) is 19.7 Å². The van der Waals surface area contributed by atoms with Crippen molar-refractivity contribution in [3.05, 3.63) is 99.3 Å². The van der Waals surface area contributed by atoms with Crippen molar-refractivity contribution in [1.29, 1.82) is 0 Å². The Labute approximate surface area is 266 Å². The lowest BCUT2D eigenvalue weighted by molar-refractivity contribution is 0.103. The smallest absolute Gasteiger partial charge is 0.214 e. The van der Waals surface area contributed by atoms with E-state index in [0.29, 0.717) is 35.3 Å². The molecule has 1 aliphatic carbocycles. The van der Waals surface area contributed by atoms with Crippen LogP contribution in [0.1, 0.15) is 74.1 Å². The number of benzene rings is 2. The van der Waals surface area contributed by atoms with Crippen LogP contribution in [0, 0.1) is 11.7 Å². The lowest BCUT2D eigenvalue weighted by Crippen LogP contribution is -2.38. The number of nitrogens with two attached hydrogens (primary N) is 1. The number of piperidine rings is 1. The molecule has 6 rings (SSSR count). The van der Waals surface area contributed by atoms with Crippen molar-refractivity contribution in [2.75, 3.05) is 18.8 Å². The van der Waals surface area contributed by atoms with Crippen LogP contribution in [0.5, 0.6) is 5.75 Å². The Bertz CT molecular complexity index is 1740. The van der Waals surface area contributed by atoms with Gasteiger partial charge in [-0.15, -0.1) is 0 Å². The predicted molar refractivity (Wildman–Crippen MR) is 176 cm³/mol. The molecule has 230 valence electrons. The van der Waals surface area contributed by atoms with Gasteiger partial charge in [0.25, 0.3) is 0 Å². The fourth-order valence-electron chi connectivity index (χ4n) is 6.38. The first kappa shape index (κ1) is 30.3. The summed E-state index contributed by atoms with van der Waals surface area (Å²) in [5.41, 5.74) is 10.5. The molecule has 0 amide bonds. The number of allylic oxidation sites excluding steroid dienone is 3. The topological polar surface area (TPSA) is 89.2 Å². The average molecular weight is 661 g/mol. The van der Waals surface area contributed by atoms with Crippen LogP contribution in [-0.2, 0) is 6.42 Å². The van der Waals surface area contributed by atoms with Crippen LogP contribution in [0.2, 0.25) is 0 Å². The van der Waals surface area contributed by atoms with Gasteiger partial charge in [0.15, 0.2) is 11.6 Å². The highest BCUT2D eigenvalue weighted by molar-refractivity contribution is 9.10. The first-order valence-electron chi connectivity index (χ1n) is 15.4. The Morgan fingerprint density at radius 3 is 2.70 bits per heavy atom. The summed E-state index contributed by atoms with van der Waals surface area (Å²) in [6, 6.07) is 12.9. The molecule has 0 saturated carbocycles. The van der Waals surface area contributed by atoms with Crippen molar-refractivity contribution in [3.63, 3.8) is 0 Å². The average Bonchev–Trinajstić information content (AvgIpc) is 3.60. The first-order valence-corrected chi connectivity index (χ1v) is 16.2. The van der Waals surface area contributed by atoms with Crippen molar-refractivity contribution < 1.29 is 13.9 Å². The van der Waals surface area contributed by atoms with Gasteiger partial charge in [-0.1, -0.05) is 28.1 Å². The zero-order valence-corrected chi connectivity index (χ0v) is 27.0. The van der Waals surface area contributed by atoms with Gasteiger partial charge in [-0.05, 0) is 126 Å². The van der Waals surface area contributed by atoms with Crippen LogP contribution in [0.25, 0.3) is 10.9 Å². The summed E-state index contributed by atoms with van der Waals surface area (Å²) in [6.07, 6.45) is 10.5. The summed E-state index contributed by atoms with van der Waals surface area (Å²) < 4.78 is 22.6. The van der Waals surface area contributed by atoms with Crippen molar-refractivity contribution in [2.45, 2.75) is 65.0 Å². The minimum Gasteiger partial charge on any atom is -0.455 e. The van der Waals surface area contributed by atoms with Gasteiger partial charge in [0.05, 0.1) is 23.5 Å². The number of para-hydroxylation sites is 1. The summed E-state index contributed by atoms with van der Waals surface area (Å²) in [5, 5.41) is 5.51. The maximum Gasteiger partial charge on any atom is 0.214 e. The van der Waals surface area contributed by atoms with Gasteiger partial charge in [0.2, 0.25) is 5.78 Å². The minimum absolute atomic E-state index is 0.174. The highest BCUT2D eigenvalue weighted by Crippen LogP contribution is 2.34. The summed E-state index contributed by atoms with van der Waals surface area (Å²) in [4.78, 5) is 19.5. The number of aromatic amines is 1. The van der Waals surface area contributed by atoms with E-state index in [1.54, 1.807) is 22.9 Å². The number of rotatable bonds is 9. The fourth-order valence-corrected chi connectivity index (χ4v) is 6.93. The van der Waals surface area contributed by atoms with Gasteiger partial charge in [0, 0.05) is 21.4 Å². The van der Waals surface area contributed by atoms with E-state index in [4.69, 9.17) is 10.5 Å². The zero-order chi connectivity index (χ0) is 31.0. The molecule has 7 nitrogen and oxygen atoms in total. The largest absolute Gasteiger partial charge is 0.455 e. The lowest BCUT2D eigenvalue weighted by atomic mass is 9.90. The van der Waals surface area contributed by atoms with E-state index >= 15 is 0 Å². The number of carbonyl (C=O) groups excluding carboxylic acids is 1. The van der Waals surface area contributed by atoms with E-state index in [-0.39, 0.29) is 17.6 Å². The minimum atomic E-state index is -0.417. The molecule has 0 radical (unpaired) electrons. The molecule has 1 fully saturated rings. The Balaban J connectivity index is 1.13. The number of aromatic nitrogens is 3. The number of hydrogen-bond donors (Lipinski definition) is 2. The number of anilines is 1. The van der Waals surface area contributed by atoms with Gasteiger partial charge >= 0.3 is 0 Å². The van der Waals surface area contributed by atoms with Gasteiger partial charge in [0.1, 0.15) is 11.6 Å². The monoisotopic (exact) mass is 659 g/mol. The quantitative estimate of drug-likeness (QED) is 0.178. The number of nitrogens with one attached hydrogen (secondary N) is 1. The molecular formula is C35H39BrFN5O2. The van der Waals surface area contributed by atoms with Crippen LogP contribution in [0.4, 0.5) is 10.2 Å². The molecule has 1 saturated heterocycles. The number of nitrogen functional groups attached to an aromatic ring is 1.